The van der Waals surface area contributed by atoms with Gasteiger partial charge in [-0.2, -0.15) is 0 Å². The Bertz CT molecular complexity index is 343. The molecule has 1 unspecified atom stereocenters. The third-order valence-corrected chi connectivity index (χ3v) is 2.92. The van der Waals surface area contributed by atoms with Crippen molar-refractivity contribution in [1.82, 2.24) is 0 Å². The Morgan fingerprint density at radius 3 is 3.08 bits per heavy atom. The van der Waals surface area contributed by atoms with Gasteiger partial charge in [0.05, 0.1) is 11.1 Å². The largest absolute Gasteiger partial charge is 0.492 e. The van der Waals surface area contributed by atoms with Crippen molar-refractivity contribution in [3.63, 3.8) is 0 Å². The molecule has 1 atom stereocenters. The number of ether oxygens (including phenoxy) is 1. The third kappa shape index (κ3) is 1.68. The van der Waals surface area contributed by atoms with Gasteiger partial charge in [-0.05, 0) is 28.1 Å². The first-order valence-electron chi connectivity index (χ1n) is 4.06. The van der Waals surface area contributed by atoms with Crippen molar-refractivity contribution in [2.75, 3.05) is 6.61 Å². The van der Waals surface area contributed by atoms with Crippen LogP contribution in [0.15, 0.2) is 16.6 Å². The van der Waals surface area contributed by atoms with Crippen LogP contribution in [0.4, 0.5) is 0 Å². The fourth-order valence-electron chi connectivity index (χ4n) is 1.45. The molecular weight excluding hydrogens is 253 g/mol. The van der Waals surface area contributed by atoms with E-state index in [2.05, 4.69) is 15.9 Å². The third-order valence-electron chi connectivity index (χ3n) is 2.11. The van der Waals surface area contributed by atoms with Crippen LogP contribution < -0.4 is 10.5 Å². The van der Waals surface area contributed by atoms with E-state index in [1.165, 1.54) is 0 Å². The summed E-state index contributed by atoms with van der Waals surface area (Å²) in [6, 6.07) is 3.72. The lowest BCUT2D eigenvalue weighted by atomic mass is 10.0. The molecule has 2 N–H and O–H groups in total. The average Bonchev–Trinajstić information content (AvgIpc) is 2.07. The molecule has 70 valence electrons. The lowest BCUT2D eigenvalue weighted by molar-refractivity contribution is 0.267. The summed E-state index contributed by atoms with van der Waals surface area (Å²) in [5.74, 6) is 0.836. The maximum absolute atomic E-state index is 5.92. The molecule has 13 heavy (non-hydrogen) atoms. The zero-order valence-corrected chi connectivity index (χ0v) is 9.23. The highest BCUT2D eigenvalue weighted by atomic mass is 79.9. The SMILES string of the molecule is NC1CCOc2c(Br)cc(Cl)cc21. The molecule has 1 aliphatic rings. The molecule has 0 saturated heterocycles. The number of hydrogen-bond acceptors (Lipinski definition) is 2. The zero-order valence-electron chi connectivity index (χ0n) is 6.89. The van der Waals surface area contributed by atoms with Gasteiger partial charge in [0.2, 0.25) is 0 Å². The van der Waals surface area contributed by atoms with Crippen molar-refractivity contribution in [2.24, 2.45) is 5.73 Å². The van der Waals surface area contributed by atoms with Gasteiger partial charge in [-0.1, -0.05) is 11.6 Å². The molecule has 0 fully saturated rings. The van der Waals surface area contributed by atoms with Gasteiger partial charge in [0, 0.05) is 23.0 Å². The Balaban J connectivity index is 2.56. The van der Waals surface area contributed by atoms with E-state index in [9.17, 15) is 0 Å². The van der Waals surface area contributed by atoms with Crippen LogP contribution in [0, 0.1) is 0 Å². The normalized spacial score (nSPS) is 20.7. The van der Waals surface area contributed by atoms with Gasteiger partial charge in [0.15, 0.2) is 0 Å². The van der Waals surface area contributed by atoms with Crippen molar-refractivity contribution < 1.29 is 4.74 Å². The van der Waals surface area contributed by atoms with E-state index < -0.39 is 0 Å². The molecular formula is C9H9BrClNO. The van der Waals surface area contributed by atoms with Gasteiger partial charge in [0.25, 0.3) is 0 Å². The summed E-state index contributed by atoms with van der Waals surface area (Å²) in [6.45, 7) is 0.675. The van der Waals surface area contributed by atoms with Crippen molar-refractivity contribution in [3.05, 3.63) is 27.2 Å². The number of nitrogens with two attached hydrogens (primary N) is 1. The highest BCUT2D eigenvalue weighted by Gasteiger charge is 2.20. The van der Waals surface area contributed by atoms with Crippen LogP contribution in [0.25, 0.3) is 0 Å². The van der Waals surface area contributed by atoms with Crippen LogP contribution in [-0.4, -0.2) is 6.61 Å². The molecule has 0 saturated carbocycles. The smallest absolute Gasteiger partial charge is 0.138 e. The second kappa shape index (κ2) is 3.48. The van der Waals surface area contributed by atoms with Crippen LogP contribution in [0.3, 0.4) is 0 Å². The Kier molecular flexibility index (Phi) is 2.49. The predicted molar refractivity (Wildman–Crippen MR) is 56.2 cm³/mol. The number of rotatable bonds is 0. The fourth-order valence-corrected chi connectivity index (χ4v) is 2.40. The van der Waals surface area contributed by atoms with Gasteiger partial charge >= 0.3 is 0 Å². The minimum atomic E-state index is 0.0405. The molecule has 1 heterocycles. The summed E-state index contributed by atoms with van der Waals surface area (Å²) in [7, 11) is 0. The van der Waals surface area contributed by atoms with Crippen molar-refractivity contribution >= 4 is 27.5 Å². The number of halogens is 2. The van der Waals surface area contributed by atoms with Crippen LogP contribution >= 0.6 is 27.5 Å². The van der Waals surface area contributed by atoms with E-state index in [0.717, 1.165) is 22.2 Å². The van der Waals surface area contributed by atoms with Gasteiger partial charge in [-0.3, -0.25) is 0 Å². The fraction of sp³-hybridized carbons (Fsp3) is 0.333. The molecule has 0 amide bonds. The second-order valence-electron chi connectivity index (χ2n) is 3.05. The molecule has 4 heteroatoms. The summed E-state index contributed by atoms with van der Waals surface area (Å²) < 4.78 is 6.37. The Morgan fingerprint density at radius 2 is 2.31 bits per heavy atom. The summed E-state index contributed by atoms with van der Waals surface area (Å²) in [5.41, 5.74) is 6.92. The summed E-state index contributed by atoms with van der Waals surface area (Å²) in [6.07, 6.45) is 0.847. The van der Waals surface area contributed by atoms with Crippen LogP contribution in [0.1, 0.15) is 18.0 Å². The second-order valence-corrected chi connectivity index (χ2v) is 4.34. The van der Waals surface area contributed by atoms with E-state index in [1.54, 1.807) is 0 Å². The number of benzene rings is 1. The number of fused-ring (bicyclic) bond motifs is 1. The molecule has 2 nitrogen and oxygen atoms in total. The summed E-state index contributed by atoms with van der Waals surface area (Å²) >= 11 is 9.30. The van der Waals surface area contributed by atoms with Crippen LogP contribution in [-0.2, 0) is 0 Å². The minimum Gasteiger partial charge on any atom is -0.492 e. The predicted octanol–water partition coefficient (Wildman–Crippen LogP) is 2.88. The molecule has 0 bridgehead atoms. The average molecular weight is 263 g/mol. The lowest BCUT2D eigenvalue weighted by Gasteiger charge is -2.24. The summed E-state index contributed by atoms with van der Waals surface area (Å²) in [5, 5.41) is 0.687. The highest BCUT2D eigenvalue weighted by molar-refractivity contribution is 9.10. The molecule has 2 rings (SSSR count). The monoisotopic (exact) mass is 261 g/mol. The van der Waals surface area contributed by atoms with Gasteiger partial charge in [0.1, 0.15) is 5.75 Å². The molecule has 0 aromatic heterocycles. The Morgan fingerprint density at radius 1 is 1.54 bits per heavy atom. The molecule has 1 aliphatic heterocycles. The van der Waals surface area contributed by atoms with E-state index in [-0.39, 0.29) is 6.04 Å². The first kappa shape index (κ1) is 9.31. The van der Waals surface area contributed by atoms with E-state index in [4.69, 9.17) is 22.1 Å². The van der Waals surface area contributed by atoms with E-state index >= 15 is 0 Å². The molecule has 1 aromatic carbocycles. The van der Waals surface area contributed by atoms with Crippen LogP contribution in [0.5, 0.6) is 5.75 Å². The first-order chi connectivity index (χ1) is 6.18. The Hall–Kier alpha value is -0.250. The van der Waals surface area contributed by atoms with E-state index in [0.29, 0.717) is 11.6 Å². The van der Waals surface area contributed by atoms with Gasteiger partial charge in [-0.25, -0.2) is 0 Å². The standard InChI is InChI=1S/C9H9BrClNO/c10-7-4-5(11)3-6-8(12)1-2-13-9(6)7/h3-4,8H,1-2,12H2. The van der Waals surface area contributed by atoms with E-state index in [1.807, 2.05) is 12.1 Å². The molecule has 1 aromatic rings. The van der Waals surface area contributed by atoms with Crippen LogP contribution in [0.2, 0.25) is 5.02 Å². The topological polar surface area (TPSA) is 35.2 Å². The molecule has 0 radical (unpaired) electrons. The first-order valence-corrected chi connectivity index (χ1v) is 5.23. The van der Waals surface area contributed by atoms with Crippen molar-refractivity contribution in [2.45, 2.75) is 12.5 Å². The molecule has 0 spiro atoms. The maximum Gasteiger partial charge on any atom is 0.138 e. The molecule has 0 aliphatic carbocycles. The quantitative estimate of drug-likeness (QED) is 0.780. The summed E-state index contributed by atoms with van der Waals surface area (Å²) in [4.78, 5) is 0. The van der Waals surface area contributed by atoms with Crippen molar-refractivity contribution in [3.8, 4) is 5.75 Å². The Labute approximate surface area is 90.1 Å². The van der Waals surface area contributed by atoms with Gasteiger partial charge in [-0.15, -0.1) is 0 Å². The van der Waals surface area contributed by atoms with Gasteiger partial charge < -0.3 is 10.5 Å². The van der Waals surface area contributed by atoms with Crippen molar-refractivity contribution in [1.29, 1.82) is 0 Å². The zero-order chi connectivity index (χ0) is 9.42. The number of hydrogen-bond donors (Lipinski definition) is 1. The highest BCUT2D eigenvalue weighted by Crippen LogP contribution is 2.38. The minimum absolute atomic E-state index is 0.0405. The lowest BCUT2D eigenvalue weighted by Crippen LogP contribution is -2.20. The maximum atomic E-state index is 5.92.